The van der Waals surface area contributed by atoms with Crippen LogP contribution in [-0.2, 0) is 42.8 Å². The molecule has 0 unspecified atom stereocenters. The molecular formula is C28H54FN5O10. The zero-order valence-corrected chi connectivity index (χ0v) is 26.4. The number of unbranched alkanes of at least 4 members (excludes halogenated alkanes) is 2. The van der Waals surface area contributed by atoms with Crippen LogP contribution in [0.2, 0.25) is 0 Å². The highest BCUT2D eigenvalue weighted by Crippen LogP contribution is 2.02. The van der Waals surface area contributed by atoms with Crippen molar-refractivity contribution < 1.29 is 52.0 Å². The summed E-state index contributed by atoms with van der Waals surface area (Å²) in [5, 5.41) is 13.5. The molecule has 44 heavy (non-hydrogen) atoms. The fourth-order valence-electron chi connectivity index (χ4n) is 3.45. The van der Waals surface area contributed by atoms with Gasteiger partial charge in [0.05, 0.1) is 65.5 Å². The second-order valence-corrected chi connectivity index (χ2v) is 9.48. The van der Waals surface area contributed by atoms with Gasteiger partial charge in [-0.25, -0.2) is 4.79 Å². The SMILES string of the molecule is CCCCN[C@H](CCCCNC(=O)F)C(=O)NCCOCCOCC(=O)NCCOCCOCC(=O)NCCOCCOC. The Morgan fingerprint density at radius 2 is 1.11 bits per heavy atom. The first kappa shape index (κ1) is 41.5. The van der Waals surface area contributed by atoms with Gasteiger partial charge in [-0.2, -0.15) is 0 Å². The summed E-state index contributed by atoms with van der Waals surface area (Å²) in [5.74, 6) is -0.657. The van der Waals surface area contributed by atoms with E-state index in [1.165, 1.54) is 0 Å². The molecule has 0 aliphatic heterocycles. The van der Waals surface area contributed by atoms with Crippen LogP contribution in [0.15, 0.2) is 0 Å². The van der Waals surface area contributed by atoms with Crippen LogP contribution >= 0.6 is 0 Å². The maximum atomic E-state index is 12.5. The number of carbonyl (C=O) groups is 4. The Balaban J connectivity index is 3.66. The van der Waals surface area contributed by atoms with E-state index in [1.54, 1.807) is 7.11 Å². The predicted octanol–water partition coefficient (Wildman–Crippen LogP) is -0.328. The standard InChI is InChI=1S/C28H54FN5O10/c1-3-4-8-30-24(7-5-6-9-34-28(29)38)27(37)33-12-15-42-19-21-44-23-26(36)32-11-14-41-18-20-43-22-25(35)31-10-13-40-17-16-39-2/h24,30H,3-23H2,1-2H3,(H,31,35)(H,32,36)(H,33,37)(H,34,38)/t24-/m1/s1. The zero-order valence-electron chi connectivity index (χ0n) is 26.4. The topological polar surface area (TPSA) is 184 Å². The highest BCUT2D eigenvalue weighted by atomic mass is 19.1. The molecular weight excluding hydrogens is 585 g/mol. The third-order valence-corrected chi connectivity index (χ3v) is 5.75. The van der Waals surface area contributed by atoms with E-state index < -0.39 is 6.16 Å². The van der Waals surface area contributed by atoms with Crippen LogP contribution in [0.1, 0.15) is 39.0 Å². The molecule has 5 N–H and O–H groups in total. The summed E-state index contributed by atoms with van der Waals surface area (Å²) in [6.07, 6.45) is 2.22. The first-order valence-electron chi connectivity index (χ1n) is 15.3. The summed E-state index contributed by atoms with van der Waals surface area (Å²) < 4.78 is 43.6. The van der Waals surface area contributed by atoms with E-state index in [2.05, 4.69) is 33.5 Å². The highest BCUT2D eigenvalue weighted by molar-refractivity contribution is 5.81. The molecule has 0 heterocycles. The Kier molecular flexibility index (Phi) is 30.1. The van der Waals surface area contributed by atoms with Crippen molar-refractivity contribution in [3.05, 3.63) is 0 Å². The third-order valence-electron chi connectivity index (χ3n) is 5.75. The molecule has 0 fully saturated rings. The van der Waals surface area contributed by atoms with Crippen molar-refractivity contribution in [1.82, 2.24) is 26.6 Å². The third kappa shape index (κ3) is 29.6. The summed E-state index contributed by atoms with van der Waals surface area (Å²) in [4.78, 5) is 46.2. The van der Waals surface area contributed by atoms with Crippen molar-refractivity contribution in [3.8, 4) is 0 Å². The quantitative estimate of drug-likeness (QED) is 0.0369. The van der Waals surface area contributed by atoms with Gasteiger partial charge in [0.1, 0.15) is 13.2 Å². The molecule has 1 atom stereocenters. The first-order chi connectivity index (χ1) is 21.4. The van der Waals surface area contributed by atoms with Crippen molar-refractivity contribution in [2.75, 3.05) is 113 Å². The van der Waals surface area contributed by atoms with Crippen molar-refractivity contribution in [2.24, 2.45) is 0 Å². The summed E-state index contributed by atoms with van der Waals surface area (Å²) in [7, 11) is 1.59. The predicted molar refractivity (Wildman–Crippen MR) is 160 cm³/mol. The number of amides is 4. The van der Waals surface area contributed by atoms with E-state index in [1.807, 2.05) is 0 Å². The van der Waals surface area contributed by atoms with Gasteiger partial charge in [-0.05, 0) is 32.2 Å². The molecule has 0 saturated carbocycles. The van der Waals surface area contributed by atoms with Crippen LogP contribution in [0.4, 0.5) is 9.18 Å². The molecule has 4 amide bonds. The second-order valence-electron chi connectivity index (χ2n) is 9.48. The van der Waals surface area contributed by atoms with Crippen molar-refractivity contribution in [3.63, 3.8) is 0 Å². The Bertz CT molecular complexity index is 739. The number of rotatable bonds is 32. The molecule has 15 nitrogen and oxygen atoms in total. The van der Waals surface area contributed by atoms with Crippen molar-refractivity contribution >= 4 is 23.9 Å². The number of hydrogen-bond donors (Lipinski definition) is 5. The Morgan fingerprint density at radius 1 is 0.591 bits per heavy atom. The Hall–Kier alpha value is -2.47. The molecule has 0 aliphatic rings. The van der Waals surface area contributed by atoms with Crippen LogP contribution < -0.4 is 26.6 Å². The lowest BCUT2D eigenvalue weighted by molar-refractivity contribution is -0.127. The molecule has 258 valence electrons. The maximum absolute atomic E-state index is 12.5. The van der Waals surface area contributed by atoms with Crippen LogP contribution in [0.3, 0.4) is 0 Å². The van der Waals surface area contributed by atoms with E-state index >= 15 is 0 Å². The molecule has 16 heteroatoms. The molecule has 0 aromatic heterocycles. The lowest BCUT2D eigenvalue weighted by atomic mass is 10.1. The molecule has 0 saturated heterocycles. The van der Waals surface area contributed by atoms with Gasteiger partial charge in [0, 0.05) is 33.3 Å². The highest BCUT2D eigenvalue weighted by Gasteiger charge is 2.16. The van der Waals surface area contributed by atoms with E-state index in [0.29, 0.717) is 78.5 Å². The summed E-state index contributed by atoms with van der Waals surface area (Å²) in [5.41, 5.74) is 0. The van der Waals surface area contributed by atoms with E-state index in [-0.39, 0.29) is 69.9 Å². The number of hydrogen-bond acceptors (Lipinski definition) is 11. The Morgan fingerprint density at radius 3 is 1.64 bits per heavy atom. The van der Waals surface area contributed by atoms with Crippen LogP contribution in [0.25, 0.3) is 0 Å². The van der Waals surface area contributed by atoms with Gasteiger partial charge < -0.3 is 55.0 Å². The number of carbonyl (C=O) groups excluding carboxylic acids is 4. The van der Waals surface area contributed by atoms with Crippen molar-refractivity contribution in [2.45, 2.75) is 45.1 Å². The molecule has 0 aromatic rings. The normalized spacial score (nSPS) is 11.6. The van der Waals surface area contributed by atoms with Gasteiger partial charge in [0.15, 0.2) is 0 Å². The summed E-state index contributed by atoms with van der Waals surface area (Å²) >= 11 is 0. The smallest absolute Gasteiger partial charge is 0.382 e. The molecule has 0 rings (SSSR count). The fourth-order valence-corrected chi connectivity index (χ4v) is 3.45. The van der Waals surface area contributed by atoms with E-state index in [0.717, 1.165) is 12.8 Å². The lowest BCUT2D eigenvalue weighted by Crippen LogP contribution is -2.45. The molecule has 0 radical (unpaired) electrons. The minimum absolute atomic E-state index is 0.0704. The zero-order chi connectivity index (χ0) is 32.5. The second kappa shape index (κ2) is 31.9. The van der Waals surface area contributed by atoms with Gasteiger partial charge in [-0.1, -0.05) is 13.3 Å². The minimum Gasteiger partial charge on any atom is -0.382 e. The lowest BCUT2D eigenvalue weighted by Gasteiger charge is -2.18. The molecule has 0 aromatic carbocycles. The van der Waals surface area contributed by atoms with Gasteiger partial charge >= 0.3 is 6.16 Å². The molecule has 0 bridgehead atoms. The minimum atomic E-state index is -1.55. The molecule has 0 spiro atoms. The number of ether oxygens (including phenoxy) is 6. The summed E-state index contributed by atoms with van der Waals surface area (Å²) in [6, 6.07) is -0.371. The monoisotopic (exact) mass is 639 g/mol. The number of methoxy groups -OCH3 is 1. The average Bonchev–Trinajstić information content (AvgIpc) is 3.00. The van der Waals surface area contributed by atoms with E-state index in [4.69, 9.17) is 28.4 Å². The Labute approximate surface area is 260 Å². The number of nitrogens with one attached hydrogen (secondary N) is 5. The number of halogens is 1. The van der Waals surface area contributed by atoms with Gasteiger partial charge in [0.2, 0.25) is 17.7 Å². The fraction of sp³-hybridized carbons (Fsp3) is 0.857. The van der Waals surface area contributed by atoms with Crippen molar-refractivity contribution in [1.29, 1.82) is 0 Å². The van der Waals surface area contributed by atoms with Gasteiger partial charge in [0.25, 0.3) is 0 Å². The largest absolute Gasteiger partial charge is 0.397 e. The van der Waals surface area contributed by atoms with E-state index in [9.17, 15) is 23.6 Å². The summed E-state index contributed by atoms with van der Waals surface area (Å²) in [6.45, 7) is 6.87. The maximum Gasteiger partial charge on any atom is 0.397 e. The van der Waals surface area contributed by atoms with Crippen LogP contribution in [-0.4, -0.2) is 142 Å². The molecule has 0 aliphatic carbocycles. The van der Waals surface area contributed by atoms with Crippen LogP contribution in [0, 0.1) is 0 Å². The van der Waals surface area contributed by atoms with Gasteiger partial charge in [-0.3, -0.25) is 14.4 Å². The van der Waals surface area contributed by atoms with Crippen LogP contribution in [0.5, 0.6) is 0 Å². The average molecular weight is 640 g/mol. The first-order valence-corrected chi connectivity index (χ1v) is 15.3. The van der Waals surface area contributed by atoms with Gasteiger partial charge in [-0.15, -0.1) is 4.39 Å².